The molecule has 2 aliphatic heterocycles. The molecule has 3 atom stereocenters. The van der Waals surface area contributed by atoms with Crippen LogP contribution in [0.3, 0.4) is 0 Å². The Bertz CT molecular complexity index is 1390. The number of halogens is 1. The summed E-state index contributed by atoms with van der Waals surface area (Å²) in [5.41, 5.74) is 1.94. The maximum atomic E-state index is 13.1. The number of carboxylic acids is 1. The smallest absolute Gasteiger partial charge is 0.328 e. The number of hydrogen-bond donors (Lipinski definition) is 4. The van der Waals surface area contributed by atoms with E-state index in [9.17, 15) is 24.3 Å². The second kappa shape index (κ2) is 10.2. The second-order valence-corrected chi connectivity index (χ2v) is 10.8. The highest BCUT2D eigenvalue weighted by Crippen LogP contribution is 2.25. The highest BCUT2D eigenvalue weighted by atomic mass is 35.5. The van der Waals surface area contributed by atoms with Crippen LogP contribution in [-0.4, -0.2) is 93.8 Å². The summed E-state index contributed by atoms with van der Waals surface area (Å²) in [4.78, 5) is 61.5. The lowest BCUT2D eigenvalue weighted by atomic mass is 10.1. The summed E-state index contributed by atoms with van der Waals surface area (Å²) >= 11 is 7.38. The molecule has 4 heterocycles. The summed E-state index contributed by atoms with van der Waals surface area (Å²) in [7, 11) is 2.01. The first-order chi connectivity index (χ1) is 17.7. The number of benzene rings is 1. The van der Waals surface area contributed by atoms with Gasteiger partial charge in [-0.3, -0.25) is 19.3 Å². The highest BCUT2D eigenvalue weighted by Gasteiger charge is 2.41. The Morgan fingerprint density at radius 1 is 1.22 bits per heavy atom. The summed E-state index contributed by atoms with van der Waals surface area (Å²) in [5.74, 6) is -2.12. The molecule has 4 N–H and O–H groups in total. The van der Waals surface area contributed by atoms with Gasteiger partial charge < -0.3 is 30.4 Å². The summed E-state index contributed by atoms with van der Waals surface area (Å²) < 4.78 is 0. The van der Waals surface area contributed by atoms with Crippen molar-refractivity contribution in [3.8, 4) is 0 Å². The number of hydrogen-bond acceptors (Lipinski definition) is 8. The number of aromatic nitrogens is 2. The molecule has 1 aromatic carbocycles. The Morgan fingerprint density at radius 3 is 2.65 bits per heavy atom. The molecule has 0 radical (unpaired) electrons. The number of amides is 2. The van der Waals surface area contributed by atoms with Gasteiger partial charge in [-0.15, -0.1) is 11.3 Å². The van der Waals surface area contributed by atoms with Crippen molar-refractivity contribution in [2.24, 2.45) is 0 Å². The van der Waals surface area contributed by atoms with Crippen molar-refractivity contribution < 1.29 is 24.3 Å². The average molecular weight is 545 g/mol. The number of aromatic amines is 1. The van der Waals surface area contributed by atoms with Crippen LogP contribution in [0.2, 0.25) is 5.02 Å². The monoisotopic (exact) mass is 544 g/mol. The van der Waals surface area contributed by atoms with Crippen molar-refractivity contribution in [1.82, 2.24) is 30.4 Å². The Balaban J connectivity index is 1.35. The van der Waals surface area contributed by atoms with Crippen molar-refractivity contribution in [2.45, 2.75) is 31.1 Å². The van der Waals surface area contributed by atoms with E-state index in [-0.39, 0.29) is 13.1 Å². The average Bonchev–Trinajstić information content (AvgIpc) is 3.56. The van der Waals surface area contributed by atoms with E-state index >= 15 is 0 Å². The molecule has 0 aliphatic carbocycles. The van der Waals surface area contributed by atoms with Crippen LogP contribution in [0, 0.1) is 0 Å². The van der Waals surface area contributed by atoms with Gasteiger partial charge in [-0.2, -0.15) is 0 Å². The molecular formula is C24H25ClN6O5S. The molecule has 3 aromatic rings. The minimum atomic E-state index is -1.39. The predicted molar refractivity (Wildman–Crippen MR) is 137 cm³/mol. The molecule has 37 heavy (non-hydrogen) atoms. The van der Waals surface area contributed by atoms with Gasteiger partial charge in [0, 0.05) is 53.4 Å². The number of carbonyl (C=O) groups excluding carboxylic acids is 3. The minimum Gasteiger partial charge on any atom is -0.480 e. The number of nitrogens with zero attached hydrogens (tertiary/aromatic N) is 3. The third-order valence-electron chi connectivity index (χ3n) is 6.70. The SMILES string of the molecule is CN1CCc2nc(C(=O)N[C@@H]3CN(C(C=O)C(=O)O)C[C@H]3NC(=O)c3cc4cc(Cl)ccc4[nH]3)sc2C1. The number of fused-ring (bicyclic) bond motifs is 2. The van der Waals surface area contributed by atoms with Crippen molar-refractivity contribution in [2.75, 3.05) is 26.7 Å². The van der Waals surface area contributed by atoms with E-state index in [2.05, 4.69) is 25.5 Å². The molecule has 0 spiro atoms. The number of likely N-dealkylation sites (N-methyl/N-ethyl adjacent to an activating group) is 1. The molecular weight excluding hydrogens is 520 g/mol. The Kier molecular flexibility index (Phi) is 6.99. The molecule has 2 amide bonds. The molecule has 194 valence electrons. The second-order valence-electron chi connectivity index (χ2n) is 9.32. The fourth-order valence-corrected chi connectivity index (χ4v) is 6.05. The zero-order valence-electron chi connectivity index (χ0n) is 19.9. The lowest BCUT2D eigenvalue weighted by molar-refractivity contribution is -0.144. The molecule has 5 rings (SSSR count). The van der Waals surface area contributed by atoms with Crippen molar-refractivity contribution in [3.63, 3.8) is 0 Å². The van der Waals surface area contributed by atoms with Crippen LogP contribution in [0.4, 0.5) is 0 Å². The predicted octanol–water partition coefficient (Wildman–Crippen LogP) is 1.13. The fourth-order valence-electron chi connectivity index (χ4n) is 4.78. The Hall–Kier alpha value is -3.32. The summed E-state index contributed by atoms with van der Waals surface area (Å²) in [6.07, 6.45) is 1.11. The van der Waals surface area contributed by atoms with Crippen LogP contribution in [0.5, 0.6) is 0 Å². The molecule has 0 saturated carbocycles. The van der Waals surface area contributed by atoms with Gasteiger partial charge in [-0.05, 0) is 31.3 Å². The van der Waals surface area contributed by atoms with Crippen molar-refractivity contribution in [3.05, 3.63) is 50.6 Å². The quantitative estimate of drug-likeness (QED) is 0.255. The first kappa shape index (κ1) is 25.3. The van der Waals surface area contributed by atoms with E-state index in [0.717, 1.165) is 41.0 Å². The van der Waals surface area contributed by atoms with E-state index in [1.54, 1.807) is 24.3 Å². The van der Waals surface area contributed by atoms with Crippen LogP contribution in [0.1, 0.15) is 30.9 Å². The van der Waals surface area contributed by atoms with Crippen molar-refractivity contribution >= 4 is 57.9 Å². The zero-order valence-corrected chi connectivity index (χ0v) is 21.4. The number of rotatable bonds is 7. The van der Waals surface area contributed by atoms with E-state index < -0.39 is 35.9 Å². The molecule has 1 fully saturated rings. The molecule has 1 unspecified atom stereocenters. The van der Waals surface area contributed by atoms with E-state index in [1.165, 1.54) is 16.2 Å². The molecule has 2 aromatic heterocycles. The zero-order chi connectivity index (χ0) is 26.3. The molecule has 2 aliphatic rings. The van der Waals surface area contributed by atoms with Gasteiger partial charge in [0.05, 0.1) is 17.8 Å². The van der Waals surface area contributed by atoms with Crippen molar-refractivity contribution in [1.29, 1.82) is 0 Å². The fraction of sp³-hybridized carbons (Fsp3) is 0.375. The molecule has 13 heteroatoms. The molecule has 0 bridgehead atoms. The topological polar surface area (TPSA) is 148 Å². The number of likely N-dealkylation sites (tertiary alicyclic amines) is 1. The molecule has 11 nitrogen and oxygen atoms in total. The Labute approximate surface area is 220 Å². The number of carbonyl (C=O) groups is 4. The van der Waals surface area contributed by atoms with Gasteiger partial charge in [0.2, 0.25) is 0 Å². The maximum absolute atomic E-state index is 13.1. The van der Waals surface area contributed by atoms with Gasteiger partial charge in [0.1, 0.15) is 12.0 Å². The minimum absolute atomic E-state index is 0.0671. The van der Waals surface area contributed by atoms with Gasteiger partial charge in [-0.25, -0.2) is 4.98 Å². The first-order valence-electron chi connectivity index (χ1n) is 11.7. The summed E-state index contributed by atoms with van der Waals surface area (Å²) in [5, 5.41) is 16.9. The van der Waals surface area contributed by atoms with Gasteiger partial charge in [-0.1, -0.05) is 11.6 Å². The maximum Gasteiger partial charge on any atom is 0.328 e. The summed E-state index contributed by atoms with van der Waals surface area (Å²) in [6, 6.07) is 4.20. The van der Waals surface area contributed by atoms with Crippen LogP contribution >= 0.6 is 22.9 Å². The van der Waals surface area contributed by atoms with E-state index in [0.29, 0.717) is 22.0 Å². The van der Waals surface area contributed by atoms with Crippen LogP contribution in [0.25, 0.3) is 10.9 Å². The third kappa shape index (κ3) is 5.23. The number of aliphatic carboxylic acids is 1. The van der Waals surface area contributed by atoms with E-state index in [1.807, 2.05) is 7.05 Å². The number of aldehydes is 1. The summed E-state index contributed by atoms with van der Waals surface area (Å²) in [6.45, 7) is 1.73. The van der Waals surface area contributed by atoms with Gasteiger partial charge in [0.25, 0.3) is 11.8 Å². The lowest BCUT2D eigenvalue weighted by Gasteiger charge is -2.20. The largest absolute Gasteiger partial charge is 0.480 e. The normalized spacial score (nSPS) is 20.9. The standard InChI is InChI=1S/C24H25ClN6O5S/c1-30-5-4-15-20(10-30)37-23(29-15)22(34)28-18-9-31(19(11-32)24(35)36)8-17(18)27-21(33)16-7-12-6-13(25)2-3-14(12)26-16/h2-3,6-7,11,17-19,26H,4-5,8-10H2,1H3,(H,27,33)(H,28,34)(H,35,36)/t17-,18-,19?/m1/s1. The number of nitrogens with one attached hydrogen (secondary N) is 3. The Morgan fingerprint density at radius 2 is 1.95 bits per heavy atom. The molecule has 1 saturated heterocycles. The number of H-pyrrole nitrogens is 1. The number of thiazole rings is 1. The third-order valence-corrected chi connectivity index (χ3v) is 8.02. The van der Waals surface area contributed by atoms with Crippen LogP contribution in [0.15, 0.2) is 24.3 Å². The van der Waals surface area contributed by atoms with Gasteiger partial charge in [0.15, 0.2) is 11.0 Å². The highest BCUT2D eigenvalue weighted by molar-refractivity contribution is 7.13. The number of carboxylic acid groups (broad SMARTS) is 1. The van der Waals surface area contributed by atoms with Crippen LogP contribution < -0.4 is 10.6 Å². The van der Waals surface area contributed by atoms with E-state index in [4.69, 9.17) is 11.6 Å². The first-order valence-corrected chi connectivity index (χ1v) is 12.9. The van der Waals surface area contributed by atoms with Gasteiger partial charge >= 0.3 is 5.97 Å². The van der Waals surface area contributed by atoms with Crippen LogP contribution in [-0.2, 0) is 22.6 Å². The lowest BCUT2D eigenvalue weighted by Crippen LogP contribution is -2.51.